The zero-order valence-electron chi connectivity index (χ0n) is 11.3. The summed E-state index contributed by atoms with van der Waals surface area (Å²) in [7, 11) is 3.11. The number of aryl methyl sites for hydroxylation is 1. The zero-order chi connectivity index (χ0) is 13.8. The molecule has 5 nitrogen and oxygen atoms in total. The minimum atomic E-state index is -0.981. The second-order valence-corrected chi connectivity index (χ2v) is 4.53. The summed E-state index contributed by atoms with van der Waals surface area (Å²) in [5, 5.41) is 2.75. The van der Waals surface area contributed by atoms with Crippen molar-refractivity contribution in [1.82, 2.24) is 9.88 Å². The monoisotopic (exact) mass is 252 g/mol. The van der Waals surface area contributed by atoms with E-state index in [1.165, 1.54) is 7.11 Å². The van der Waals surface area contributed by atoms with Crippen molar-refractivity contribution in [2.75, 3.05) is 7.11 Å². The van der Waals surface area contributed by atoms with Gasteiger partial charge in [-0.2, -0.15) is 0 Å². The molecular formula is C13H20N2O3. The van der Waals surface area contributed by atoms with E-state index in [0.29, 0.717) is 12.1 Å². The molecule has 0 saturated heterocycles. The Hall–Kier alpha value is -1.78. The van der Waals surface area contributed by atoms with Gasteiger partial charge < -0.3 is 14.6 Å². The third-order valence-corrected chi connectivity index (χ3v) is 2.95. The SMILES string of the molecule is CCCC(C)(NC(=O)c1cccn1C)C(=O)OC. The Labute approximate surface area is 107 Å². The molecule has 5 heteroatoms. The lowest BCUT2D eigenvalue weighted by molar-refractivity contribution is -0.147. The third-order valence-electron chi connectivity index (χ3n) is 2.95. The van der Waals surface area contributed by atoms with Crippen LogP contribution in [0.1, 0.15) is 37.2 Å². The van der Waals surface area contributed by atoms with Crippen molar-refractivity contribution in [3.05, 3.63) is 24.0 Å². The van der Waals surface area contributed by atoms with Crippen LogP contribution in [-0.4, -0.2) is 29.1 Å². The minimum absolute atomic E-state index is 0.274. The summed E-state index contributed by atoms with van der Waals surface area (Å²) in [6.45, 7) is 3.64. The molecule has 18 heavy (non-hydrogen) atoms. The second-order valence-electron chi connectivity index (χ2n) is 4.53. The third kappa shape index (κ3) is 2.91. The number of nitrogens with one attached hydrogen (secondary N) is 1. The van der Waals surface area contributed by atoms with E-state index in [1.807, 2.05) is 6.92 Å². The number of carbonyl (C=O) groups is 2. The Kier molecular flexibility index (Phi) is 4.53. The van der Waals surface area contributed by atoms with Crippen LogP contribution in [-0.2, 0) is 16.6 Å². The quantitative estimate of drug-likeness (QED) is 0.808. The zero-order valence-corrected chi connectivity index (χ0v) is 11.3. The second kappa shape index (κ2) is 5.71. The number of amides is 1. The van der Waals surface area contributed by atoms with Gasteiger partial charge in [-0.1, -0.05) is 13.3 Å². The lowest BCUT2D eigenvalue weighted by Gasteiger charge is -2.27. The van der Waals surface area contributed by atoms with E-state index in [2.05, 4.69) is 5.32 Å². The number of aromatic nitrogens is 1. The van der Waals surface area contributed by atoms with Crippen LogP contribution >= 0.6 is 0 Å². The standard InChI is InChI=1S/C13H20N2O3/c1-5-8-13(2,12(17)18-4)14-11(16)10-7-6-9-15(10)3/h6-7,9H,5,8H2,1-4H3,(H,14,16). The fourth-order valence-corrected chi connectivity index (χ4v) is 1.95. The molecule has 1 N–H and O–H groups in total. The maximum Gasteiger partial charge on any atom is 0.331 e. The van der Waals surface area contributed by atoms with E-state index in [4.69, 9.17) is 4.74 Å². The Morgan fingerprint density at radius 2 is 2.17 bits per heavy atom. The Bertz CT molecular complexity index is 439. The highest BCUT2D eigenvalue weighted by molar-refractivity contribution is 5.96. The van der Waals surface area contributed by atoms with Gasteiger partial charge in [-0.25, -0.2) is 4.79 Å². The number of esters is 1. The number of carbonyl (C=O) groups excluding carboxylic acids is 2. The molecule has 0 aliphatic carbocycles. The summed E-state index contributed by atoms with van der Waals surface area (Å²) in [5.74, 6) is -0.698. The van der Waals surface area contributed by atoms with Gasteiger partial charge in [-0.05, 0) is 25.5 Å². The molecule has 1 amide bonds. The Morgan fingerprint density at radius 1 is 1.50 bits per heavy atom. The topological polar surface area (TPSA) is 60.3 Å². The van der Waals surface area contributed by atoms with Crippen LogP contribution in [0.15, 0.2) is 18.3 Å². The van der Waals surface area contributed by atoms with Gasteiger partial charge >= 0.3 is 5.97 Å². The normalized spacial score (nSPS) is 13.8. The highest BCUT2D eigenvalue weighted by atomic mass is 16.5. The van der Waals surface area contributed by atoms with E-state index < -0.39 is 11.5 Å². The largest absolute Gasteiger partial charge is 0.467 e. The number of rotatable bonds is 5. The minimum Gasteiger partial charge on any atom is -0.467 e. The summed E-state index contributed by atoms with van der Waals surface area (Å²) in [4.78, 5) is 23.9. The first kappa shape index (κ1) is 14.3. The number of ether oxygens (including phenoxy) is 1. The lowest BCUT2D eigenvalue weighted by atomic mass is 9.96. The van der Waals surface area contributed by atoms with E-state index in [1.54, 1.807) is 36.9 Å². The summed E-state index contributed by atoms with van der Waals surface area (Å²) in [6, 6.07) is 3.49. The average Bonchev–Trinajstić information content (AvgIpc) is 2.74. The van der Waals surface area contributed by atoms with Crippen molar-refractivity contribution < 1.29 is 14.3 Å². The van der Waals surface area contributed by atoms with Crippen LogP contribution in [0.25, 0.3) is 0 Å². The van der Waals surface area contributed by atoms with Crippen LogP contribution in [0, 0.1) is 0 Å². The number of hydrogen-bond acceptors (Lipinski definition) is 3. The first-order valence-electron chi connectivity index (χ1n) is 5.97. The molecule has 0 fully saturated rings. The molecule has 1 aromatic heterocycles. The van der Waals surface area contributed by atoms with Gasteiger partial charge in [0.25, 0.3) is 5.91 Å². The van der Waals surface area contributed by atoms with E-state index >= 15 is 0 Å². The predicted molar refractivity (Wildman–Crippen MR) is 68.2 cm³/mol. The highest BCUT2D eigenvalue weighted by Crippen LogP contribution is 2.15. The molecule has 0 bridgehead atoms. The van der Waals surface area contributed by atoms with Crippen molar-refractivity contribution in [2.45, 2.75) is 32.2 Å². The molecule has 0 aliphatic heterocycles. The molecule has 1 unspecified atom stereocenters. The summed E-state index contributed by atoms with van der Waals surface area (Å²) in [6.07, 6.45) is 3.10. The van der Waals surface area contributed by atoms with Crippen LogP contribution in [0.5, 0.6) is 0 Å². The van der Waals surface area contributed by atoms with Crippen molar-refractivity contribution in [3.8, 4) is 0 Å². The van der Waals surface area contributed by atoms with Crippen molar-refractivity contribution in [1.29, 1.82) is 0 Å². The first-order valence-corrected chi connectivity index (χ1v) is 5.97. The predicted octanol–water partition coefficient (Wildman–Crippen LogP) is 1.49. The van der Waals surface area contributed by atoms with Crippen LogP contribution in [0.4, 0.5) is 0 Å². The summed E-state index contributed by atoms with van der Waals surface area (Å²) >= 11 is 0. The molecule has 0 spiro atoms. The van der Waals surface area contributed by atoms with Crippen molar-refractivity contribution in [2.24, 2.45) is 7.05 Å². The van der Waals surface area contributed by atoms with Gasteiger partial charge in [0.15, 0.2) is 0 Å². The molecule has 1 heterocycles. The molecule has 100 valence electrons. The smallest absolute Gasteiger partial charge is 0.331 e. The van der Waals surface area contributed by atoms with Crippen LogP contribution in [0.2, 0.25) is 0 Å². The Balaban J connectivity index is 2.88. The van der Waals surface area contributed by atoms with Crippen LogP contribution in [0.3, 0.4) is 0 Å². The highest BCUT2D eigenvalue weighted by Gasteiger charge is 2.35. The van der Waals surface area contributed by atoms with Gasteiger partial charge in [0.05, 0.1) is 7.11 Å². The molecule has 0 saturated carbocycles. The van der Waals surface area contributed by atoms with Crippen molar-refractivity contribution in [3.63, 3.8) is 0 Å². The molecule has 0 aromatic carbocycles. The Morgan fingerprint density at radius 3 is 2.61 bits per heavy atom. The summed E-state index contributed by atoms with van der Waals surface area (Å²) in [5.41, 5.74) is -0.466. The lowest BCUT2D eigenvalue weighted by Crippen LogP contribution is -2.53. The maximum absolute atomic E-state index is 12.1. The first-order chi connectivity index (χ1) is 8.44. The van der Waals surface area contributed by atoms with E-state index in [0.717, 1.165) is 6.42 Å². The number of hydrogen-bond donors (Lipinski definition) is 1. The van der Waals surface area contributed by atoms with E-state index in [9.17, 15) is 9.59 Å². The molecule has 0 aliphatic rings. The molecule has 1 atom stereocenters. The molecule has 0 radical (unpaired) electrons. The average molecular weight is 252 g/mol. The van der Waals surface area contributed by atoms with Gasteiger partial charge in [0.1, 0.15) is 11.2 Å². The maximum atomic E-state index is 12.1. The number of nitrogens with zero attached hydrogens (tertiary/aromatic N) is 1. The van der Waals surface area contributed by atoms with Crippen molar-refractivity contribution >= 4 is 11.9 Å². The fourth-order valence-electron chi connectivity index (χ4n) is 1.95. The van der Waals surface area contributed by atoms with Crippen LogP contribution < -0.4 is 5.32 Å². The molecule has 1 aromatic rings. The molecular weight excluding hydrogens is 232 g/mol. The van der Waals surface area contributed by atoms with E-state index in [-0.39, 0.29) is 5.91 Å². The van der Waals surface area contributed by atoms with Gasteiger partial charge in [-0.3, -0.25) is 4.79 Å². The number of methoxy groups -OCH3 is 1. The van der Waals surface area contributed by atoms with Gasteiger partial charge in [0, 0.05) is 13.2 Å². The molecule has 1 rings (SSSR count). The van der Waals surface area contributed by atoms with Gasteiger partial charge in [0.2, 0.25) is 0 Å². The summed E-state index contributed by atoms with van der Waals surface area (Å²) < 4.78 is 6.46. The fraction of sp³-hybridized carbons (Fsp3) is 0.538. The van der Waals surface area contributed by atoms with Gasteiger partial charge in [-0.15, -0.1) is 0 Å².